The quantitative estimate of drug-likeness (QED) is 0.800. The van der Waals surface area contributed by atoms with Crippen molar-refractivity contribution in [2.24, 2.45) is 0 Å². The minimum atomic E-state index is 0.518. The molecule has 0 saturated carbocycles. The first-order valence-electron chi connectivity index (χ1n) is 7.93. The van der Waals surface area contributed by atoms with Crippen molar-refractivity contribution in [3.63, 3.8) is 0 Å². The second kappa shape index (κ2) is 5.58. The fourth-order valence-corrected chi connectivity index (χ4v) is 4.34. The standard InChI is InChI=1S/C19H20BrN/c20-15-9-10-17-14(12-15)8-11-19(17)21-18-7-3-5-13-4-1-2-6-16(13)18/h1-2,4,6,9-10,12,18-19,21H,3,5,7-8,11H2. The van der Waals surface area contributed by atoms with Crippen LogP contribution >= 0.6 is 15.9 Å². The highest BCUT2D eigenvalue weighted by atomic mass is 79.9. The van der Waals surface area contributed by atoms with Gasteiger partial charge in [-0.2, -0.15) is 0 Å². The zero-order valence-electron chi connectivity index (χ0n) is 12.1. The molecule has 2 heteroatoms. The molecule has 0 aromatic heterocycles. The van der Waals surface area contributed by atoms with E-state index >= 15 is 0 Å². The molecule has 0 aliphatic heterocycles. The maximum absolute atomic E-state index is 3.93. The van der Waals surface area contributed by atoms with E-state index in [9.17, 15) is 0 Å². The van der Waals surface area contributed by atoms with Crippen molar-refractivity contribution >= 4 is 15.9 Å². The van der Waals surface area contributed by atoms with E-state index in [0.717, 1.165) is 0 Å². The smallest absolute Gasteiger partial charge is 0.0331 e. The van der Waals surface area contributed by atoms with Gasteiger partial charge in [0.05, 0.1) is 0 Å². The lowest BCUT2D eigenvalue weighted by atomic mass is 9.87. The number of rotatable bonds is 2. The van der Waals surface area contributed by atoms with Gasteiger partial charge in [0.25, 0.3) is 0 Å². The van der Waals surface area contributed by atoms with Gasteiger partial charge in [-0.1, -0.05) is 46.3 Å². The fourth-order valence-electron chi connectivity index (χ4n) is 3.93. The molecule has 1 N–H and O–H groups in total. The van der Waals surface area contributed by atoms with Gasteiger partial charge in [-0.3, -0.25) is 0 Å². The molecule has 2 aromatic carbocycles. The topological polar surface area (TPSA) is 12.0 Å². The molecule has 2 unspecified atom stereocenters. The number of halogens is 1. The lowest BCUT2D eigenvalue weighted by Gasteiger charge is -2.29. The SMILES string of the molecule is Brc1ccc2c(c1)CCC2NC1CCCc2ccccc21. The molecule has 0 bridgehead atoms. The van der Waals surface area contributed by atoms with Gasteiger partial charge in [-0.15, -0.1) is 0 Å². The average Bonchev–Trinajstić information content (AvgIpc) is 2.90. The summed E-state index contributed by atoms with van der Waals surface area (Å²) < 4.78 is 1.20. The summed E-state index contributed by atoms with van der Waals surface area (Å²) in [4.78, 5) is 0. The van der Waals surface area contributed by atoms with Crippen LogP contribution in [0.4, 0.5) is 0 Å². The van der Waals surface area contributed by atoms with Gasteiger partial charge in [0.15, 0.2) is 0 Å². The van der Waals surface area contributed by atoms with Gasteiger partial charge >= 0.3 is 0 Å². The molecule has 0 saturated heterocycles. The second-order valence-electron chi connectivity index (χ2n) is 6.24. The Labute approximate surface area is 134 Å². The summed E-state index contributed by atoms with van der Waals surface area (Å²) in [6.45, 7) is 0. The summed E-state index contributed by atoms with van der Waals surface area (Å²) in [5, 5.41) is 3.93. The number of benzene rings is 2. The summed E-state index contributed by atoms with van der Waals surface area (Å²) in [7, 11) is 0. The summed E-state index contributed by atoms with van der Waals surface area (Å²) in [6, 6.07) is 16.7. The number of fused-ring (bicyclic) bond motifs is 2. The summed E-state index contributed by atoms with van der Waals surface area (Å²) in [5.41, 5.74) is 6.07. The van der Waals surface area contributed by atoms with Crippen LogP contribution in [0.1, 0.15) is 53.6 Å². The maximum Gasteiger partial charge on any atom is 0.0331 e. The van der Waals surface area contributed by atoms with Crippen LogP contribution in [0.3, 0.4) is 0 Å². The lowest BCUT2D eigenvalue weighted by Crippen LogP contribution is -2.28. The summed E-state index contributed by atoms with van der Waals surface area (Å²) in [6.07, 6.45) is 6.22. The van der Waals surface area contributed by atoms with E-state index in [4.69, 9.17) is 0 Å². The molecular weight excluding hydrogens is 322 g/mol. The molecule has 2 aromatic rings. The van der Waals surface area contributed by atoms with E-state index in [2.05, 4.69) is 63.7 Å². The minimum Gasteiger partial charge on any atom is -0.303 e. The lowest BCUT2D eigenvalue weighted by molar-refractivity contribution is 0.398. The highest BCUT2D eigenvalue weighted by Gasteiger charge is 2.27. The Bertz CT molecular complexity index is 664. The van der Waals surface area contributed by atoms with E-state index in [-0.39, 0.29) is 0 Å². The summed E-state index contributed by atoms with van der Waals surface area (Å²) >= 11 is 3.58. The zero-order valence-corrected chi connectivity index (χ0v) is 13.7. The van der Waals surface area contributed by atoms with Crippen LogP contribution in [-0.4, -0.2) is 0 Å². The number of hydrogen-bond donors (Lipinski definition) is 1. The Morgan fingerprint density at radius 3 is 2.62 bits per heavy atom. The van der Waals surface area contributed by atoms with E-state index in [0.29, 0.717) is 12.1 Å². The van der Waals surface area contributed by atoms with Crippen molar-refractivity contribution in [3.8, 4) is 0 Å². The van der Waals surface area contributed by atoms with Crippen molar-refractivity contribution < 1.29 is 0 Å². The predicted molar refractivity (Wildman–Crippen MR) is 90.5 cm³/mol. The minimum absolute atomic E-state index is 0.518. The van der Waals surface area contributed by atoms with Crippen molar-refractivity contribution in [2.45, 2.75) is 44.2 Å². The third-order valence-corrected chi connectivity index (χ3v) is 5.45. The molecule has 2 aliphatic rings. The Balaban J connectivity index is 1.59. The Morgan fingerprint density at radius 2 is 1.67 bits per heavy atom. The second-order valence-corrected chi connectivity index (χ2v) is 7.16. The van der Waals surface area contributed by atoms with Gasteiger partial charge in [0, 0.05) is 16.6 Å². The van der Waals surface area contributed by atoms with Crippen LogP contribution in [-0.2, 0) is 12.8 Å². The predicted octanol–water partition coefficient (Wildman–Crippen LogP) is 5.10. The largest absolute Gasteiger partial charge is 0.303 e. The Morgan fingerprint density at radius 1 is 0.857 bits per heavy atom. The zero-order chi connectivity index (χ0) is 14.2. The molecular formula is C19H20BrN. The van der Waals surface area contributed by atoms with Gasteiger partial charge in [-0.05, 0) is 66.5 Å². The Kier molecular flexibility index (Phi) is 3.60. The van der Waals surface area contributed by atoms with Gasteiger partial charge < -0.3 is 5.32 Å². The van der Waals surface area contributed by atoms with Crippen molar-refractivity contribution in [1.29, 1.82) is 0 Å². The molecule has 1 nitrogen and oxygen atoms in total. The van der Waals surface area contributed by atoms with Crippen LogP contribution in [0.2, 0.25) is 0 Å². The van der Waals surface area contributed by atoms with Crippen molar-refractivity contribution in [3.05, 3.63) is 69.2 Å². The number of aryl methyl sites for hydroxylation is 2. The number of nitrogens with one attached hydrogen (secondary N) is 1. The normalized spacial score (nSPS) is 23.7. The highest BCUT2D eigenvalue weighted by Crippen LogP contribution is 2.37. The monoisotopic (exact) mass is 341 g/mol. The highest BCUT2D eigenvalue weighted by molar-refractivity contribution is 9.10. The molecule has 4 rings (SSSR count). The van der Waals surface area contributed by atoms with Gasteiger partial charge in [-0.25, -0.2) is 0 Å². The van der Waals surface area contributed by atoms with E-state index in [1.165, 1.54) is 58.8 Å². The third kappa shape index (κ3) is 2.56. The first-order valence-corrected chi connectivity index (χ1v) is 8.73. The summed E-state index contributed by atoms with van der Waals surface area (Å²) in [5.74, 6) is 0. The molecule has 0 spiro atoms. The molecule has 0 amide bonds. The van der Waals surface area contributed by atoms with Gasteiger partial charge in [0.2, 0.25) is 0 Å². The van der Waals surface area contributed by atoms with Crippen LogP contribution in [0.15, 0.2) is 46.9 Å². The first-order chi connectivity index (χ1) is 10.3. The molecule has 21 heavy (non-hydrogen) atoms. The van der Waals surface area contributed by atoms with E-state index in [1.54, 1.807) is 0 Å². The van der Waals surface area contributed by atoms with Crippen LogP contribution in [0.5, 0.6) is 0 Å². The van der Waals surface area contributed by atoms with E-state index in [1.807, 2.05) is 0 Å². The molecule has 0 fully saturated rings. The maximum atomic E-state index is 3.93. The number of hydrogen-bond acceptors (Lipinski definition) is 1. The molecule has 0 heterocycles. The third-order valence-electron chi connectivity index (χ3n) is 4.95. The van der Waals surface area contributed by atoms with Gasteiger partial charge in [0.1, 0.15) is 0 Å². The molecule has 108 valence electrons. The van der Waals surface area contributed by atoms with Crippen LogP contribution < -0.4 is 5.32 Å². The molecule has 0 radical (unpaired) electrons. The van der Waals surface area contributed by atoms with Crippen LogP contribution in [0, 0.1) is 0 Å². The average molecular weight is 342 g/mol. The fraction of sp³-hybridized carbons (Fsp3) is 0.368. The van der Waals surface area contributed by atoms with Crippen molar-refractivity contribution in [2.75, 3.05) is 0 Å². The van der Waals surface area contributed by atoms with Crippen molar-refractivity contribution in [1.82, 2.24) is 5.32 Å². The molecule has 2 aliphatic carbocycles. The Hall–Kier alpha value is -1.12. The van der Waals surface area contributed by atoms with E-state index < -0.39 is 0 Å². The molecule has 2 atom stereocenters. The van der Waals surface area contributed by atoms with Crippen LogP contribution in [0.25, 0.3) is 0 Å². The first kappa shape index (κ1) is 13.5.